The first-order chi connectivity index (χ1) is 7.54. The van der Waals surface area contributed by atoms with E-state index in [0.717, 1.165) is 5.56 Å². The van der Waals surface area contributed by atoms with Gasteiger partial charge in [-0.2, -0.15) is 0 Å². The van der Waals surface area contributed by atoms with Crippen LogP contribution in [0.3, 0.4) is 0 Å². The quantitative estimate of drug-likeness (QED) is 0.600. The average molecular weight is 243 g/mol. The van der Waals surface area contributed by atoms with Gasteiger partial charge in [-0.3, -0.25) is 0 Å². The highest BCUT2D eigenvalue weighted by atomic mass is 35.5. The zero-order valence-electron chi connectivity index (χ0n) is 9.09. The van der Waals surface area contributed by atoms with Crippen LogP contribution in [0.5, 0.6) is 0 Å². The summed E-state index contributed by atoms with van der Waals surface area (Å²) in [6.07, 6.45) is 2.56. The van der Waals surface area contributed by atoms with Crippen molar-refractivity contribution in [3.8, 4) is 0 Å². The van der Waals surface area contributed by atoms with Gasteiger partial charge in [0.15, 0.2) is 0 Å². The minimum Gasteiger partial charge on any atom is -0.463 e. The third-order valence-corrected chi connectivity index (χ3v) is 2.37. The average Bonchev–Trinajstić information content (AvgIpc) is 2.22. The van der Waals surface area contributed by atoms with E-state index in [-0.39, 0.29) is 0 Å². The lowest BCUT2D eigenvalue weighted by Crippen LogP contribution is -1.98. The van der Waals surface area contributed by atoms with Gasteiger partial charge in [-0.15, -0.1) is 0 Å². The molecule has 16 heavy (non-hydrogen) atoms. The van der Waals surface area contributed by atoms with Gasteiger partial charge in [-0.25, -0.2) is 9.18 Å². The summed E-state index contributed by atoms with van der Waals surface area (Å²) in [5.74, 6) is -0.953. The van der Waals surface area contributed by atoms with Gasteiger partial charge in [-0.05, 0) is 37.6 Å². The number of rotatable bonds is 3. The summed E-state index contributed by atoms with van der Waals surface area (Å²) in [5.41, 5.74) is 1.07. The maximum atomic E-state index is 13.4. The summed E-state index contributed by atoms with van der Waals surface area (Å²) in [6, 6.07) is 2.80. The summed E-state index contributed by atoms with van der Waals surface area (Å²) in [7, 11) is 0. The second-order valence-corrected chi connectivity index (χ2v) is 3.62. The molecule has 0 aliphatic heterocycles. The van der Waals surface area contributed by atoms with Gasteiger partial charge in [0.25, 0.3) is 0 Å². The van der Waals surface area contributed by atoms with Crippen molar-refractivity contribution in [2.45, 2.75) is 13.8 Å². The molecule has 0 unspecified atom stereocenters. The van der Waals surface area contributed by atoms with Crippen molar-refractivity contribution in [2.24, 2.45) is 0 Å². The minimum absolute atomic E-state index is 0.297. The predicted molar refractivity (Wildman–Crippen MR) is 61.8 cm³/mol. The molecule has 0 bridgehead atoms. The highest BCUT2D eigenvalue weighted by molar-refractivity contribution is 6.31. The summed E-state index contributed by atoms with van der Waals surface area (Å²) >= 11 is 5.74. The van der Waals surface area contributed by atoms with Crippen LogP contribution in [0.25, 0.3) is 6.08 Å². The van der Waals surface area contributed by atoms with Crippen LogP contribution in [0.15, 0.2) is 18.2 Å². The fraction of sp³-hybridized carbons (Fsp3) is 0.250. The Balaban J connectivity index is 2.89. The Morgan fingerprint density at radius 1 is 1.56 bits per heavy atom. The molecule has 0 atom stereocenters. The first-order valence-electron chi connectivity index (χ1n) is 4.85. The molecule has 1 aromatic rings. The van der Waals surface area contributed by atoms with Crippen molar-refractivity contribution in [1.82, 2.24) is 0 Å². The van der Waals surface area contributed by atoms with E-state index >= 15 is 0 Å². The molecule has 1 rings (SSSR count). The van der Waals surface area contributed by atoms with E-state index in [9.17, 15) is 9.18 Å². The number of carbonyl (C=O) groups excluding carboxylic acids is 1. The molecule has 0 spiro atoms. The van der Waals surface area contributed by atoms with Crippen molar-refractivity contribution in [1.29, 1.82) is 0 Å². The second kappa shape index (κ2) is 5.66. The van der Waals surface area contributed by atoms with Gasteiger partial charge < -0.3 is 4.74 Å². The van der Waals surface area contributed by atoms with Crippen LogP contribution in [0.2, 0.25) is 5.02 Å². The SMILES string of the molecule is CCOC(=O)C=Cc1cc(C)c(Cl)cc1F. The molecule has 0 saturated carbocycles. The van der Waals surface area contributed by atoms with Gasteiger partial charge in [0.2, 0.25) is 0 Å². The Kier molecular flexibility index (Phi) is 4.50. The van der Waals surface area contributed by atoms with E-state index in [1.165, 1.54) is 18.2 Å². The van der Waals surface area contributed by atoms with E-state index in [4.69, 9.17) is 11.6 Å². The van der Waals surface area contributed by atoms with Crippen molar-refractivity contribution in [3.63, 3.8) is 0 Å². The minimum atomic E-state index is -0.491. The smallest absolute Gasteiger partial charge is 0.330 e. The maximum absolute atomic E-state index is 13.4. The third-order valence-electron chi connectivity index (χ3n) is 1.96. The van der Waals surface area contributed by atoms with Gasteiger partial charge in [-0.1, -0.05) is 11.6 Å². The molecule has 0 amide bonds. The Bertz CT molecular complexity index is 427. The van der Waals surface area contributed by atoms with Gasteiger partial charge in [0.05, 0.1) is 6.61 Å². The molecule has 2 nitrogen and oxygen atoms in total. The van der Waals surface area contributed by atoms with Crippen LogP contribution in [0.1, 0.15) is 18.1 Å². The summed E-state index contributed by atoms with van der Waals surface area (Å²) in [5, 5.41) is 0.366. The number of aryl methyl sites for hydroxylation is 1. The number of benzene rings is 1. The van der Waals surface area contributed by atoms with E-state index in [2.05, 4.69) is 4.74 Å². The van der Waals surface area contributed by atoms with Crippen LogP contribution in [0.4, 0.5) is 4.39 Å². The van der Waals surface area contributed by atoms with Gasteiger partial charge >= 0.3 is 5.97 Å². The first-order valence-corrected chi connectivity index (χ1v) is 5.23. The Labute approximate surface area is 98.7 Å². The standard InChI is InChI=1S/C12H12ClFO2/c1-3-16-12(15)5-4-9-6-8(2)10(13)7-11(9)14/h4-7H,3H2,1-2H3. The highest BCUT2D eigenvalue weighted by Crippen LogP contribution is 2.20. The van der Waals surface area contributed by atoms with Crippen molar-refractivity contribution >= 4 is 23.6 Å². The topological polar surface area (TPSA) is 26.3 Å². The predicted octanol–water partition coefficient (Wildman–Crippen LogP) is 3.36. The number of halogens is 2. The fourth-order valence-corrected chi connectivity index (χ4v) is 1.31. The summed E-state index contributed by atoms with van der Waals surface area (Å²) < 4.78 is 18.1. The third kappa shape index (κ3) is 3.35. The molecule has 4 heteroatoms. The largest absolute Gasteiger partial charge is 0.463 e. The number of carbonyl (C=O) groups is 1. The van der Waals surface area contributed by atoms with Crippen LogP contribution in [-0.4, -0.2) is 12.6 Å². The Morgan fingerprint density at radius 2 is 2.25 bits per heavy atom. The van der Waals surface area contributed by atoms with Crippen molar-refractivity contribution in [3.05, 3.63) is 40.2 Å². The lowest BCUT2D eigenvalue weighted by molar-refractivity contribution is -0.137. The lowest BCUT2D eigenvalue weighted by atomic mass is 10.1. The molecule has 0 fully saturated rings. The first kappa shape index (κ1) is 12.7. The molecule has 0 N–H and O–H groups in total. The van der Waals surface area contributed by atoms with Gasteiger partial charge in [0.1, 0.15) is 5.82 Å². The number of hydrogen-bond donors (Lipinski definition) is 0. The molecule has 0 aliphatic carbocycles. The number of esters is 1. The molecular weight excluding hydrogens is 231 g/mol. The van der Waals surface area contributed by atoms with Crippen molar-refractivity contribution in [2.75, 3.05) is 6.61 Å². The molecular formula is C12H12ClFO2. The lowest BCUT2D eigenvalue weighted by Gasteiger charge is -2.01. The molecule has 0 aliphatic rings. The second-order valence-electron chi connectivity index (χ2n) is 3.21. The maximum Gasteiger partial charge on any atom is 0.330 e. The zero-order valence-corrected chi connectivity index (χ0v) is 9.84. The molecule has 0 aromatic heterocycles. The monoisotopic (exact) mass is 242 g/mol. The molecule has 1 aromatic carbocycles. The molecule has 86 valence electrons. The van der Waals surface area contributed by atoms with E-state index in [0.29, 0.717) is 17.2 Å². The number of hydrogen-bond acceptors (Lipinski definition) is 2. The van der Waals surface area contributed by atoms with Crippen LogP contribution >= 0.6 is 11.6 Å². The number of ether oxygens (including phenoxy) is 1. The van der Waals surface area contributed by atoms with Crippen LogP contribution < -0.4 is 0 Å². The summed E-state index contributed by atoms with van der Waals surface area (Å²) in [6.45, 7) is 3.77. The van der Waals surface area contributed by atoms with E-state index < -0.39 is 11.8 Å². The van der Waals surface area contributed by atoms with E-state index in [1.807, 2.05) is 0 Å². The van der Waals surface area contributed by atoms with Gasteiger partial charge in [0, 0.05) is 16.7 Å². The Morgan fingerprint density at radius 3 is 2.88 bits per heavy atom. The van der Waals surface area contributed by atoms with Crippen LogP contribution in [0, 0.1) is 12.7 Å². The fourth-order valence-electron chi connectivity index (χ4n) is 1.16. The van der Waals surface area contributed by atoms with E-state index in [1.54, 1.807) is 19.9 Å². The molecule has 0 saturated heterocycles. The molecule has 0 radical (unpaired) electrons. The van der Waals surface area contributed by atoms with Crippen molar-refractivity contribution < 1.29 is 13.9 Å². The Hall–Kier alpha value is -1.35. The summed E-state index contributed by atoms with van der Waals surface area (Å²) in [4.78, 5) is 11.0. The van der Waals surface area contributed by atoms with Crippen LogP contribution in [-0.2, 0) is 9.53 Å². The highest BCUT2D eigenvalue weighted by Gasteiger charge is 2.04. The normalized spacial score (nSPS) is 10.8. The zero-order chi connectivity index (χ0) is 12.1. The molecule has 0 heterocycles.